The van der Waals surface area contributed by atoms with E-state index in [2.05, 4.69) is 15.5 Å². The molecule has 0 saturated carbocycles. The van der Waals surface area contributed by atoms with Crippen molar-refractivity contribution < 1.29 is 8.42 Å². The first-order valence-corrected chi connectivity index (χ1v) is 7.36. The van der Waals surface area contributed by atoms with Gasteiger partial charge in [0.2, 0.25) is 10.0 Å². The first kappa shape index (κ1) is 14.2. The number of anilines is 1. The zero-order valence-electron chi connectivity index (χ0n) is 10.8. The number of sulfonamides is 1. The van der Waals surface area contributed by atoms with Crippen molar-refractivity contribution in [3.63, 3.8) is 0 Å². The lowest BCUT2D eigenvalue weighted by Crippen LogP contribution is -2.11. The standard InChI is InChI=1S/C13H14N4O2S/c1-10(13-4-2-3-9-15-13)16-17-11-5-7-12(8-6-11)20(14,18)19/h2-9,17H,1H3,(H2,14,18,19)/b16-10-. The number of nitrogens with zero attached hydrogens (tertiary/aromatic N) is 2. The summed E-state index contributed by atoms with van der Waals surface area (Å²) in [5, 5.41) is 9.20. The Hall–Kier alpha value is -2.25. The van der Waals surface area contributed by atoms with Crippen LogP contribution in [0.3, 0.4) is 0 Å². The SMILES string of the molecule is C/C(=N/Nc1ccc(S(N)(=O)=O)cc1)c1ccccn1. The fraction of sp³-hybridized carbons (Fsp3) is 0.0769. The van der Waals surface area contributed by atoms with E-state index in [-0.39, 0.29) is 4.90 Å². The molecule has 0 spiro atoms. The van der Waals surface area contributed by atoms with Gasteiger partial charge >= 0.3 is 0 Å². The van der Waals surface area contributed by atoms with Crippen LogP contribution in [0.15, 0.2) is 58.7 Å². The van der Waals surface area contributed by atoms with Crippen molar-refractivity contribution in [1.29, 1.82) is 0 Å². The molecule has 2 aromatic rings. The zero-order chi connectivity index (χ0) is 14.6. The lowest BCUT2D eigenvalue weighted by Gasteiger charge is -2.04. The highest BCUT2D eigenvalue weighted by Gasteiger charge is 2.06. The minimum atomic E-state index is -3.67. The van der Waals surface area contributed by atoms with Crippen molar-refractivity contribution in [2.24, 2.45) is 10.2 Å². The molecule has 0 amide bonds. The molecule has 0 aliphatic carbocycles. The van der Waals surface area contributed by atoms with Crippen LogP contribution in [0.2, 0.25) is 0 Å². The number of hydrogen-bond acceptors (Lipinski definition) is 5. The second-order valence-corrected chi connectivity index (χ2v) is 5.65. The average Bonchev–Trinajstić information content (AvgIpc) is 2.45. The predicted molar refractivity (Wildman–Crippen MR) is 77.9 cm³/mol. The highest BCUT2D eigenvalue weighted by atomic mass is 32.2. The van der Waals surface area contributed by atoms with E-state index < -0.39 is 10.0 Å². The number of aromatic nitrogens is 1. The van der Waals surface area contributed by atoms with Crippen molar-refractivity contribution in [2.75, 3.05) is 5.43 Å². The fourth-order valence-corrected chi connectivity index (χ4v) is 2.02. The van der Waals surface area contributed by atoms with Gasteiger partial charge in [0, 0.05) is 6.20 Å². The van der Waals surface area contributed by atoms with E-state index in [9.17, 15) is 8.42 Å². The lowest BCUT2D eigenvalue weighted by molar-refractivity contribution is 0.598. The average molecular weight is 290 g/mol. The summed E-state index contributed by atoms with van der Waals surface area (Å²) >= 11 is 0. The van der Waals surface area contributed by atoms with Crippen LogP contribution in [-0.2, 0) is 10.0 Å². The second-order valence-electron chi connectivity index (χ2n) is 4.09. The Morgan fingerprint density at radius 3 is 2.45 bits per heavy atom. The van der Waals surface area contributed by atoms with Gasteiger partial charge in [-0.25, -0.2) is 13.6 Å². The molecule has 0 fully saturated rings. The molecule has 0 aliphatic rings. The third-order valence-corrected chi connectivity index (χ3v) is 3.50. The van der Waals surface area contributed by atoms with Crippen LogP contribution < -0.4 is 10.6 Å². The van der Waals surface area contributed by atoms with E-state index >= 15 is 0 Å². The molecule has 6 nitrogen and oxygen atoms in total. The first-order chi connectivity index (χ1) is 9.47. The van der Waals surface area contributed by atoms with Gasteiger partial charge in [-0.05, 0) is 43.3 Å². The van der Waals surface area contributed by atoms with Crippen LogP contribution in [0.1, 0.15) is 12.6 Å². The molecule has 0 saturated heterocycles. The number of primary sulfonamides is 1. The van der Waals surface area contributed by atoms with E-state index in [1.807, 2.05) is 25.1 Å². The number of benzene rings is 1. The molecule has 0 bridgehead atoms. The third-order valence-electron chi connectivity index (χ3n) is 2.57. The minimum absolute atomic E-state index is 0.0634. The molecule has 1 aromatic heterocycles. The van der Waals surface area contributed by atoms with Crippen LogP contribution in [0, 0.1) is 0 Å². The van der Waals surface area contributed by atoms with Crippen LogP contribution in [-0.4, -0.2) is 19.1 Å². The maximum absolute atomic E-state index is 11.1. The van der Waals surface area contributed by atoms with Gasteiger partial charge in [-0.3, -0.25) is 10.4 Å². The minimum Gasteiger partial charge on any atom is -0.278 e. The van der Waals surface area contributed by atoms with E-state index in [4.69, 9.17) is 5.14 Å². The van der Waals surface area contributed by atoms with Gasteiger partial charge in [0.1, 0.15) is 0 Å². The molecule has 20 heavy (non-hydrogen) atoms. The molecule has 0 atom stereocenters. The highest BCUT2D eigenvalue weighted by Crippen LogP contribution is 2.12. The van der Waals surface area contributed by atoms with Crippen LogP contribution >= 0.6 is 0 Å². The van der Waals surface area contributed by atoms with Gasteiger partial charge < -0.3 is 0 Å². The Morgan fingerprint density at radius 1 is 1.20 bits per heavy atom. The molecular formula is C13H14N4O2S. The Morgan fingerprint density at radius 2 is 1.90 bits per heavy atom. The number of rotatable bonds is 4. The van der Waals surface area contributed by atoms with Gasteiger partial charge in [-0.15, -0.1) is 0 Å². The Kier molecular flexibility index (Phi) is 4.11. The van der Waals surface area contributed by atoms with Crippen LogP contribution in [0.25, 0.3) is 0 Å². The van der Waals surface area contributed by atoms with Gasteiger partial charge in [-0.1, -0.05) is 6.07 Å². The summed E-state index contributed by atoms with van der Waals surface area (Å²) < 4.78 is 22.2. The van der Waals surface area contributed by atoms with Crippen molar-refractivity contribution in [3.8, 4) is 0 Å². The van der Waals surface area contributed by atoms with E-state index in [0.717, 1.165) is 11.4 Å². The molecule has 1 heterocycles. The smallest absolute Gasteiger partial charge is 0.238 e. The van der Waals surface area contributed by atoms with Crippen LogP contribution in [0.5, 0.6) is 0 Å². The zero-order valence-corrected chi connectivity index (χ0v) is 11.6. The summed E-state index contributed by atoms with van der Waals surface area (Å²) in [5.74, 6) is 0. The topological polar surface area (TPSA) is 97.4 Å². The monoisotopic (exact) mass is 290 g/mol. The first-order valence-electron chi connectivity index (χ1n) is 5.81. The fourth-order valence-electron chi connectivity index (χ4n) is 1.50. The molecule has 2 rings (SSSR count). The molecule has 0 aliphatic heterocycles. The lowest BCUT2D eigenvalue weighted by atomic mass is 10.3. The maximum atomic E-state index is 11.1. The summed E-state index contributed by atoms with van der Waals surface area (Å²) in [6.07, 6.45) is 1.69. The van der Waals surface area contributed by atoms with E-state index in [1.54, 1.807) is 18.3 Å². The summed E-state index contributed by atoms with van der Waals surface area (Å²) in [6.45, 7) is 1.83. The van der Waals surface area contributed by atoms with Gasteiger partial charge in [-0.2, -0.15) is 5.10 Å². The summed E-state index contributed by atoms with van der Waals surface area (Å²) in [4.78, 5) is 4.23. The highest BCUT2D eigenvalue weighted by molar-refractivity contribution is 7.89. The maximum Gasteiger partial charge on any atom is 0.238 e. The second kappa shape index (κ2) is 5.81. The molecule has 1 aromatic carbocycles. The normalized spacial score (nSPS) is 12.2. The van der Waals surface area contributed by atoms with Crippen molar-refractivity contribution in [3.05, 3.63) is 54.4 Å². The van der Waals surface area contributed by atoms with Crippen molar-refractivity contribution >= 4 is 21.4 Å². The molecular weight excluding hydrogens is 276 g/mol. The van der Waals surface area contributed by atoms with E-state index in [1.165, 1.54) is 12.1 Å². The predicted octanol–water partition coefficient (Wildman–Crippen LogP) is 1.57. The summed E-state index contributed by atoms with van der Waals surface area (Å²) in [5.41, 5.74) is 4.98. The Balaban J connectivity index is 2.12. The number of nitrogens with two attached hydrogens (primary N) is 1. The van der Waals surface area contributed by atoms with E-state index in [0.29, 0.717) is 5.69 Å². The number of hydrogen-bond donors (Lipinski definition) is 2. The number of hydrazone groups is 1. The molecule has 3 N–H and O–H groups in total. The molecule has 7 heteroatoms. The Bertz CT molecular complexity index is 710. The largest absolute Gasteiger partial charge is 0.278 e. The molecule has 104 valence electrons. The molecule has 0 radical (unpaired) electrons. The van der Waals surface area contributed by atoms with Crippen molar-refractivity contribution in [1.82, 2.24) is 4.98 Å². The van der Waals surface area contributed by atoms with Gasteiger partial charge in [0.05, 0.1) is 22.0 Å². The van der Waals surface area contributed by atoms with Gasteiger partial charge in [0.25, 0.3) is 0 Å². The summed E-state index contributed by atoms with van der Waals surface area (Å²) in [7, 11) is -3.67. The third kappa shape index (κ3) is 3.62. The number of nitrogens with one attached hydrogen (secondary N) is 1. The van der Waals surface area contributed by atoms with Crippen molar-refractivity contribution in [2.45, 2.75) is 11.8 Å². The quantitative estimate of drug-likeness (QED) is 0.659. The van der Waals surface area contributed by atoms with Crippen LogP contribution in [0.4, 0.5) is 5.69 Å². The Labute approximate surface area is 117 Å². The summed E-state index contributed by atoms with van der Waals surface area (Å²) in [6, 6.07) is 11.6. The number of pyridine rings is 1. The molecule has 0 unspecified atom stereocenters. The van der Waals surface area contributed by atoms with Gasteiger partial charge in [0.15, 0.2) is 0 Å².